The van der Waals surface area contributed by atoms with Gasteiger partial charge in [0.2, 0.25) is 0 Å². The Morgan fingerprint density at radius 1 is 1.07 bits per heavy atom. The van der Waals surface area contributed by atoms with E-state index in [1.165, 1.54) is 17.5 Å². The lowest BCUT2D eigenvalue weighted by Gasteiger charge is -2.06. The number of aromatic nitrogens is 5. The highest BCUT2D eigenvalue weighted by Gasteiger charge is 2.15. The average molecular weight is 376 g/mol. The van der Waals surface area contributed by atoms with Crippen molar-refractivity contribution in [1.29, 1.82) is 0 Å². The fourth-order valence-corrected chi connectivity index (χ4v) is 3.25. The van der Waals surface area contributed by atoms with Crippen LogP contribution in [-0.4, -0.2) is 30.4 Å². The van der Waals surface area contributed by atoms with E-state index in [0.29, 0.717) is 10.8 Å². The quantitative estimate of drug-likeness (QED) is 0.587. The first-order chi connectivity index (χ1) is 13.1. The zero-order valence-electron chi connectivity index (χ0n) is 14.7. The third-order valence-electron chi connectivity index (χ3n) is 4.13. The number of carbonyl (C=O) groups is 1. The van der Waals surface area contributed by atoms with Gasteiger partial charge in [0, 0.05) is 17.3 Å². The van der Waals surface area contributed by atoms with E-state index in [1.807, 2.05) is 37.4 Å². The van der Waals surface area contributed by atoms with Gasteiger partial charge in [-0.3, -0.25) is 24.6 Å². The second-order valence-electron chi connectivity index (χ2n) is 5.95. The van der Waals surface area contributed by atoms with Crippen LogP contribution in [0.4, 0.5) is 5.13 Å². The summed E-state index contributed by atoms with van der Waals surface area (Å²) < 4.78 is 1.68. The van der Waals surface area contributed by atoms with E-state index >= 15 is 0 Å². The van der Waals surface area contributed by atoms with Crippen molar-refractivity contribution in [3.05, 3.63) is 71.5 Å². The standard InChI is InChI=1S/C19H16N6OS/c1-12-5-6-15(22-13(12)2)16-10-27-19(23-16)24-18(26)17-9-21-11-25(17)14-4-3-7-20-8-14/h3-11H,1-2H3,(H,23,24,26). The molecule has 134 valence electrons. The monoisotopic (exact) mass is 376 g/mol. The van der Waals surface area contributed by atoms with Gasteiger partial charge in [0.25, 0.3) is 5.91 Å². The Morgan fingerprint density at radius 2 is 1.96 bits per heavy atom. The molecule has 0 aliphatic carbocycles. The zero-order chi connectivity index (χ0) is 18.8. The molecule has 0 aromatic carbocycles. The number of nitrogens with zero attached hydrogens (tertiary/aromatic N) is 5. The van der Waals surface area contributed by atoms with Crippen molar-refractivity contribution in [2.24, 2.45) is 0 Å². The van der Waals surface area contributed by atoms with Crippen LogP contribution in [0.1, 0.15) is 21.7 Å². The Kier molecular flexibility index (Phi) is 4.47. The van der Waals surface area contributed by atoms with Gasteiger partial charge in [-0.1, -0.05) is 6.07 Å². The number of amides is 1. The third-order valence-corrected chi connectivity index (χ3v) is 4.89. The maximum absolute atomic E-state index is 12.7. The molecule has 0 fully saturated rings. The summed E-state index contributed by atoms with van der Waals surface area (Å²) in [5.74, 6) is -0.287. The van der Waals surface area contributed by atoms with Crippen LogP contribution >= 0.6 is 11.3 Å². The van der Waals surface area contributed by atoms with Crippen LogP contribution in [0.5, 0.6) is 0 Å². The summed E-state index contributed by atoms with van der Waals surface area (Å²) >= 11 is 1.36. The molecule has 0 saturated carbocycles. The normalized spacial score (nSPS) is 10.7. The Morgan fingerprint density at radius 3 is 2.74 bits per heavy atom. The van der Waals surface area contributed by atoms with Crippen molar-refractivity contribution >= 4 is 22.4 Å². The molecular weight excluding hydrogens is 360 g/mol. The molecule has 0 unspecified atom stereocenters. The maximum Gasteiger partial charge on any atom is 0.276 e. The number of anilines is 1. The van der Waals surface area contributed by atoms with Crippen molar-refractivity contribution in [3.63, 3.8) is 0 Å². The van der Waals surface area contributed by atoms with E-state index in [4.69, 9.17) is 0 Å². The van der Waals surface area contributed by atoms with Crippen LogP contribution in [0.25, 0.3) is 17.1 Å². The second kappa shape index (κ2) is 7.08. The Labute approximate surface area is 159 Å². The molecule has 4 rings (SSSR count). The number of rotatable bonds is 4. The molecule has 7 nitrogen and oxygen atoms in total. The zero-order valence-corrected chi connectivity index (χ0v) is 15.6. The van der Waals surface area contributed by atoms with E-state index in [-0.39, 0.29) is 5.91 Å². The first-order valence-corrected chi connectivity index (χ1v) is 9.14. The van der Waals surface area contributed by atoms with Crippen molar-refractivity contribution in [2.75, 3.05) is 5.32 Å². The fraction of sp³-hybridized carbons (Fsp3) is 0.105. The number of hydrogen-bond donors (Lipinski definition) is 1. The summed E-state index contributed by atoms with van der Waals surface area (Å²) in [6, 6.07) is 7.61. The van der Waals surface area contributed by atoms with Gasteiger partial charge in [0.1, 0.15) is 11.4 Å². The summed E-state index contributed by atoms with van der Waals surface area (Å²) in [7, 11) is 0. The Balaban J connectivity index is 1.56. The molecule has 0 bridgehead atoms. The van der Waals surface area contributed by atoms with Crippen LogP contribution in [0.3, 0.4) is 0 Å². The number of carbonyl (C=O) groups excluding carboxylic acids is 1. The maximum atomic E-state index is 12.7. The minimum absolute atomic E-state index is 0.287. The van der Waals surface area contributed by atoms with Crippen LogP contribution in [0.2, 0.25) is 0 Å². The first-order valence-electron chi connectivity index (χ1n) is 8.26. The van der Waals surface area contributed by atoms with E-state index in [9.17, 15) is 4.79 Å². The molecule has 0 saturated heterocycles. The minimum atomic E-state index is -0.287. The van der Waals surface area contributed by atoms with Crippen molar-refractivity contribution in [2.45, 2.75) is 13.8 Å². The number of aryl methyl sites for hydroxylation is 2. The van der Waals surface area contributed by atoms with E-state index < -0.39 is 0 Å². The van der Waals surface area contributed by atoms with Gasteiger partial charge >= 0.3 is 0 Å². The predicted molar refractivity (Wildman–Crippen MR) is 104 cm³/mol. The number of pyridine rings is 2. The SMILES string of the molecule is Cc1ccc(-c2csc(NC(=O)c3cncn3-c3cccnc3)n2)nc1C. The summed E-state index contributed by atoms with van der Waals surface area (Å²) in [5.41, 5.74) is 4.79. The Hall–Kier alpha value is -3.39. The van der Waals surface area contributed by atoms with Gasteiger partial charge in [0.15, 0.2) is 5.13 Å². The first kappa shape index (κ1) is 17.0. The highest BCUT2D eigenvalue weighted by molar-refractivity contribution is 7.14. The molecular formula is C19H16N6OS. The largest absolute Gasteiger partial charge is 0.296 e. The molecule has 0 aliphatic heterocycles. The third kappa shape index (κ3) is 3.47. The number of imidazole rings is 1. The van der Waals surface area contributed by atoms with E-state index in [1.54, 1.807) is 29.4 Å². The highest BCUT2D eigenvalue weighted by Crippen LogP contribution is 2.25. The lowest BCUT2D eigenvalue weighted by atomic mass is 10.2. The predicted octanol–water partition coefficient (Wildman–Crippen LogP) is 3.65. The summed E-state index contributed by atoms with van der Waals surface area (Å²) in [4.78, 5) is 29.9. The molecule has 0 atom stereocenters. The number of hydrogen-bond acceptors (Lipinski definition) is 6. The summed E-state index contributed by atoms with van der Waals surface area (Å²) in [6.07, 6.45) is 6.45. The van der Waals surface area contributed by atoms with E-state index in [2.05, 4.69) is 25.3 Å². The molecule has 1 amide bonds. The minimum Gasteiger partial charge on any atom is -0.296 e. The summed E-state index contributed by atoms with van der Waals surface area (Å²) in [5, 5.41) is 5.22. The molecule has 4 heterocycles. The lowest BCUT2D eigenvalue weighted by molar-refractivity contribution is 0.102. The molecule has 1 N–H and O–H groups in total. The molecule has 0 radical (unpaired) electrons. The topological polar surface area (TPSA) is 85.6 Å². The van der Waals surface area contributed by atoms with Gasteiger partial charge in [-0.05, 0) is 37.6 Å². The smallest absolute Gasteiger partial charge is 0.276 e. The molecule has 8 heteroatoms. The molecule has 0 spiro atoms. The number of nitrogens with one attached hydrogen (secondary N) is 1. The van der Waals surface area contributed by atoms with Gasteiger partial charge in [0.05, 0.1) is 30.1 Å². The molecule has 4 aromatic heterocycles. The number of thiazole rings is 1. The van der Waals surface area contributed by atoms with E-state index in [0.717, 1.165) is 28.3 Å². The van der Waals surface area contributed by atoms with Crippen LogP contribution in [-0.2, 0) is 0 Å². The van der Waals surface area contributed by atoms with Gasteiger partial charge in [-0.15, -0.1) is 11.3 Å². The van der Waals surface area contributed by atoms with Gasteiger partial charge in [-0.2, -0.15) is 0 Å². The molecule has 4 aromatic rings. The van der Waals surface area contributed by atoms with Crippen molar-refractivity contribution in [3.8, 4) is 17.1 Å². The Bertz CT molecular complexity index is 1100. The van der Waals surface area contributed by atoms with Crippen molar-refractivity contribution < 1.29 is 4.79 Å². The average Bonchev–Trinajstić information content (AvgIpc) is 3.34. The highest BCUT2D eigenvalue weighted by atomic mass is 32.1. The van der Waals surface area contributed by atoms with Crippen LogP contribution < -0.4 is 5.32 Å². The van der Waals surface area contributed by atoms with Crippen LogP contribution in [0, 0.1) is 13.8 Å². The molecule has 0 aliphatic rings. The van der Waals surface area contributed by atoms with Crippen LogP contribution in [0.15, 0.2) is 54.6 Å². The lowest BCUT2D eigenvalue weighted by Crippen LogP contribution is -2.16. The molecule has 27 heavy (non-hydrogen) atoms. The second-order valence-corrected chi connectivity index (χ2v) is 6.81. The fourth-order valence-electron chi connectivity index (χ4n) is 2.55. The summed E-state index contributed by atoms with van der Waals surface area (Å²) in [6.45, 7) is 3.98. The van der Waals surface area contributed by atoms with Crippen molar-refractivity contribution in [1.82, 2.24) is 24.5 Å². The van der Waals surface area contributed by atoms with Gasteiger partial charge in [-0.25, -0.2) is 9.97 Å². The van der Waals surface area contributed by atoms with Gasteiger partial charge < -0.3 is 0 Å².